The van der Waals surface area contributed by atoms with E-state index >= 15 is 0 Å². The SMILES string of the molecule is C1=CC(c2cc(-c3cc(-c4ccc(-c5ccccc5)cc4)nc(-c4ccccc4)n3)cc(-c3c4ccccc4cc4ccccc34)c2)=CCN1. The van der Waals surface area contributed by atoms with Gasteiger partial charge in [0.2, 0.25) is 0 Å². The first-order valence-electron chi connectivity index (χ1n) is 17.0. The molecule has 1 aromatic heterocycles. The van der Waals surface area contributed by atoms with Crippen molar-refractivity contribution < 1.29 is 0 Å². The van der Waals surface area contributed by atoms with Crippen molar-refractivity contribution in [3.8, 4) is 56.2 Å². The Morgan fingerprint density at radius 2 is 0.960 bits per heavy atom. The quantitative estimate of drug-likeness (QED) is 0.184. The second-order valence-corrected chi connectivity index (χ2v) is 12.7. The average molecular weight is 640 g/mol. The van der Waals surface area contributed by atoms with Crippen LogP contribution in [0.4, 0.5) is 0 Å². The van der Waals surface area contributed by atoms with Crippen LogP contribution in [-0.2, 0) is 0 Å². The van der Waals surface area contributed by atoms with Crippen molar-refractivity contribution in [3.05, 3.63) is 188 Å². The number of allylic oxidation sites excluding steroid dienone is 2. The summed E-state index contributed by atoms with van der Waals surface area (Å²) in [4.78, 5) is 10.4. The van der Waals surface area contributed by atoms with E-state index in [0.717, 1.165) is 45.7 Å². The smallest absolute Gasteiger partial charge is 0.160 e. The van der Waals surface area contributed by atoms with Crippen molar-refractivity contribution >= 4 is 27.1 Å². The molecule has 1 aliphatic heterocycles. The molecule has 0 aliphatic carbocycles. The van der Waals surface area contributed by atoms with E-state index in [1.807, 2.05) is 30.5 Å². The number of fused-ring (bicyclic) bond motifs is 2. The molecule has 50 heavy (non-hydrogen) atoms. The summed E-state index contributed by atoms with van der Waals surface area (Å²) >= 11 is 0. The van der Waals surface area contributed by atoms with Gasteiger partial charge in [0.25, 0.3) is 0 Å². The number of dihydropyridines is 1. The molecule has 2 heterocycles. The Morgan fingerprint density at radius 1 is 0.420 bits per heavy atom. The van der Waals surface area contributed by atoms with Crippen molar-refractivity contribution in [1.82, 2.24) is 15.3 Å². The average Bonchev–Trinajstić information content (AvgIpc) is 3.20. The van der Waals surface area contributed by atoms with Gasteiger partial charge in [0.1, 0.15) is 0 Å². The predicted octanol–water partition coefficient (Wildman–Crippen LogP) is 11.6. The van der Waals surface area contributed by atoms with Gasteiger partial charge in [-0.2, -0.15) is 0 Å². The van der Waals surface area contributed by atoms with Gasteiger partial charge >= 0.3 is 0 Å². The van der Waals surface area contributed by atoms with E-state index in [2.05, 4.69) is 157 Å². The number of rotatable bonds is 6. The third-order valence-electron chi connectivity index (χ3n) is 9.49. The Kier molecular flexibility index (Phi) is 7.56. The monoisotopic (exact) mass is 639 g/mol. The molecule has 7 aromatic carbocycles. The number of hydrogen-bond acceptors (Lipinski definition) is 3. The number of hydrogen-bond donors (Lipinski definition) is 1. The second kappa shape index (κ2) is 12.8. The van der Waals surface area contributed by atoms with Crippen LogP contribution in [0.2, 0.25) is 0 Å². The van der Waals surface area contributed by atoms with Crippen molar-refractivity contribution in [1.29, 1.82) is 0 Å². The normalized spacial score (nSPS) is 12.5. The summed E-state index contributed by atoms with van der Waals surface area (Å²) in [5, 5.41) is 8.23. The van der Waals surface area contributed by atoms with Crippen molar-refractivity contribution in [2.24, 2.45) is 0 Å². The van der Waals surface area contributed by atoms with Gasteiger partial charge in [-0.05, 0) is 97.5 Å². The van der Waals surface area contributed by atoms with E-state index < -0.39 is 0 Å². The highest BCUT2D eigenvalue weighted by Gasteiger charge is 2.17. The maximum Gasteiger partial charge on any atom is 0.160 e. The van der Waals surface area contributed by atoms with E-state index in [1.165, 1.54) is 43.8 Å². The van der Waals surface area contributed by atoms with E-state index in [-0.39, 0.29) is 0 Å². The molecule has 1 aliphatic rings. The zero-order valence-electron chi connectivity index (χ0n) is 27.4. The molecule has 236 valence electrons. The van der Waals surface area contributed by atoms with Crippen molar-refractivity contribution in [3.63, 3.8) is 0 Å². The van der Waals surface area contributed by atoms with Gasteiger partial charge < -0.3 is 5.32 Å². The summed E-state index contributed by atoms with van der Waals surface area (Å²) in [6.45, 7) is 0.789. The van der Waals surface area contributed by atoms with Gasteiger partial charge in [0.05, 0.1) is 11.4 Å². The summed E-state index contributed by atoms with van der Waals surface area (Å²) in [7, 11) is 0. The molecule has 1 N–H and O–H groups in total. The first kappa shape index (κ1) is 29.6. The zero-order valence-corrected chi connectivity index (χ0v) is 27.4. The largest absolute Gasteiger partial charge is 0.387 e. The van der Waals surface area contributed by atoms with Gasteiger partial charge in [-0.3, -0.25) is 0 Å². The van der Waals surface area contributed by atoms with E-state index in [0.29, 0.717) is 5.82 Å². The van der Waals surface area contributed by atoms with Crippen LogP contribution in [-0.4, -0.2) is 16.5 Å². The Balaban J connectivity index is 1.27. The lowest BCUT2D eigenvalue weighted by molar-refractivity contribution is 0.976. The Morgan fingerprint density at radius 3 is 1.62 bits per heavy atom. The fourth-order valence-corrected chi connectivity index (χ4v) is 7.00. The minimum atomic E-state index is 0.703. The van der Waals surface area contributed by atoms with Gasteiger partial charge in [0.15, 0.2) is 5.82 Å². The summed E-state index contributed by atoms with van der Waals surface area (Å²) in [5.74, 6) is 0.703. The molecule has 9 rings (SSSR count). The summed E-state index contributed by atoms with van der Waals surface area (Å²) in [6.07, 6.45) is 6.44. The fourth-order valence-electron chi connectivity index (χ4n) is 7.00. The highest BCUT2D eigenvalue weighted by atomic mass is 14.9. The van der Waals surface area contributed by atoms with Crippen LogP contribution in [0.3, 0.4) is 0 Å². The van der Waals surface area contributed by atoms with Gasteiger partial charge in [-0.15, -0.1) is 0 Å². The highest BCUT2D eigenvalue weighted by molar-refractivity contribution is 6.13. The summed E-state index contributed by atoms with van der Waals surface area (Å²) in [6, 6.07) is 58.2. The Hall–Kier alpha value is -6.58. The minimum Gasteiger partial charge on any atom is -0.387 e. The molecule has 0 unspecified atom stereocenters. The highest BCUT2D eigenvalue weighted by Crippen LogP contribution is 2.40. The lowest BCUT2D eigenvalue weighted by Gasteiger charge is -2.17. The van der Waals surface area contributed by atoms with Crippen LogP contribution in [0, 0.1) is 0 Å². The number of nitrogens with zero attached hydrogens (tertiary/aromatic N) is 2. The lowest BCUT2D eigenvalue weighted by atomic mass is 9.88. The van der Waals surface area contributed by atoms with Gasteiger partial charge in [-0.25, -0.2) is 9.97 Å². The molecule has 0 radical (unpaired) electrons. The standard InChI is InChI=1S/C47H33N3/c1-3-11-32(12-4-1)33-19-21-35(22-20-33)44-31-45(50-47(49-44)36-13-5-2-6-14-36)40-28-39(34-23-25-48-26-24-34)29-41(30-40)46-42-17-9-7-15-37(42)27-38-16-8-10-18-43(38)46/h1-25,27-31,48H,26H2. The first-order valence-corrected chi connectivity index (χ1v) is 17.0. The number of nitrogens with one attached hydrogen (secondary N) is 1. The van der Waals surface area contributed by atoms with Crippen molar-refractivity contribution in [2.75, 3.05) is 6.54 Å². The Labute approximate surface area is 292 Å². The number of benzene rings is 7. The van der Waals surface area contributed by atoms with Gasteiger partial charge in [-0.1, -0.05) is 140 Å². The summed E-state index contributed by atoms with van der Waals surface area (Å²) < 4.78 is 0. The molecule has 0 atom stereocenters. The molecule has 0 bridgehead atoms. The molecular formula is C47H33N3. The molecular weight excluding hydrogens is 607 g/mol. The molecule has 3 heteroatoms. The van der Waals surface area contributed by atoms with Crippen LogP contribution in [0.25, 0.3) is 83.3 Å². The molecule has 0 saturated carbocycles. The van der Waals surface area contributed by atoms with Crippen LogP contribution < -0.4 is 5.32 Å². The molecule has 3 nitrogen and oxygen atoms in total. The molecule has 0 saturated heterocycles. The van der Waals surface area contributed by atoms with Crippen LogP contribution >= 0.6 is 0 Å². The van der Waals surface area contributed by atoms with Crippen molar-refractivity contribution in [2.45, 2.75) is 0 Å². The minimum absolute atomic E-state index is 0.703. The molecule has 0 spiro atoms. The van der Waals surface area contributed by atoms with Gasteiger partial charge in [0, 0.05) is 23.2 Å². The third-order valence-corrected chi connectivity index (χ3v) is 9.49. The molecule has 8 aromatic rings. The zero-order chi connectivity index (χ0) is 33.3. The van der Waals surface area contributed by atoms with Crippen LogP contribution in [0.1, 0.15) is 5.56 Å². The topological polar surface area (TPSA) is 37.8 Å². The van der Waals surface area contributed by atoms with E-state index in [9.17, 15) is 0 Å². The van der Waals surface area contributed by atoms with E-state index in [4.69, 9.17) is 9.97 Å². The maximum atomic E-state index is 5.25. The fraction of sp³-hybridized carbons (Fsp3) is 0.0213. The predicted molar refractivity (Wildman–Crippen MR) is 209 cm³/mol. The molecule has 0 fully saturated rings. The first-order chi connectivity index (χ1) is 24.8. The third kappa shape index (κ3) is 5.65. The lowest BCUT2D eigenvalue weighted by Crippen LogP contribution is -2.08. The Bertz CT molecular complexity index is 2510. The summed E-state index contributed by atoms with van der Waals surface area (Å²) in [5.41, 5.74) is 11.9. The van der Waals surface area contributed by atoms with Crippen LogP contribution in [0.5, 0.6) is 0 Å². The van der Waals surface area contributed by atoms with E-state index in [1.54, 1.807) is 0 Å². The maximum absolute atomic E-state index is 5.25. The molecule has 0 amide bonds. The van der Waals surface area contributed by atoms with Crippen LogP contribution in [0.15, 0.2) is 182 Å². The number of aromatic nitrogens is 2. The second-order valence-electron chi connectivity index (χ2n) is 12.7.